The lowest BCUT2D eigenvalue weighted by molar-refractivity contribution is 0.628. The highest BCUT2D eigenvalue weighted by molar-refractivity contribution is 7.20. The lowest BCUT2D eigenvalue weighted by Crippen LogP contribution is -2.08. The van der Waals surface area contributed by atoms with E-state index in [-0.39, 0.29) is 5.02 Å². The highest BCUT2D eigenvalue weighted by atomic mass is 35.5. The molecule has 4 rings (SSSR count). The van der Waals surface area contributed by atoms with Crippen molar-refractivity contribution in [1.29, 1.82) is 0 Å². The molecule has 0 fully saturated rings. The summed E-state index contributed by atoms with van der Waals surface area (Å²) in [5.74, 6) is -0.440. The molecule has 0 aliphatic carbocycles. The van der Waals surface area contributed by atoms with Crippen LogP contribution < -0.4 is 10.2 Å². The van der Waals surface area contributed by atoms with Gasteiger partial charge in [0.05, 0.1) is 16.9 Å². The fraction of sp³-hybridized carbons (Fsp3) is 0.158. The van der Waals surface area contributed by atoms with Crippen molar-refractivity contribution >= 4 is 38.7 Å². The number of rotatable bonds is 5. The summed E-state index contributed by atoms with van der Waals surface area (Å²) >= 11 is 7.31. The van der Waals surface area contributed by atoms with Crippen LogP contribution in [0.15, 0.2) is 48.7 Å². The maximum absolute atomic E-state index is 13.3. The zero-order valence-corrected chi connectivity index (χ0v) is 16.4. The fourth-order valence-electron chi connectivity index (χ4n) is 2.66. The molecule has 138 valence electrons. The second kappa shape index (κ2) is 7.17. The molecular weight excluding hydrogens is 385 g/mol. The molecule has 0 saturated carbocycles. The maximum Gasteiger partial charge on any atom is 0.214 e. The predicted molar refractivity (Wildman–Crippen MR) is 109 cm³/mol. The van der Waals surface area contributed by atoms with Crippen molar-refractivity contribution in [2.75, 3.05) is 24.3 Å². The van der Waals surface area contributed by atoms with Gasteiger partial charge < -0.3 is 10.2 Å². The predicted octanol–water partition coefficient (Wildman–Crippen LogP) is 4.93. The molecule has 0 aliphatic rings. The Kier molecular flexibility index (Phi) is 4.72. The standard InChI is InChI=1S/C19H17ClFN5S/c1-25(2)14-6-3-12(4-7-14)10-22-18-24-26-11-17(23-19(26)27-18)13-5-8-16(21)15(20)9-13/h3-9,11H,10H2,1-2H3,(H,22,24). The molecule has 0 bridgehead atoms. The number of anilines is 2. The molecule has 2 heterocycles. The average Bonchev–Trinajstić information content (AvgIpc) is 3.21. The Labute approximate surface area is 165 Å². The lowest BCUT2D eigenvalue weighted by atomic mass is 10.2. The van der Waals surface area contributed by atoms with Crippen molar-refractivity contribution in [3.05, 3.63) is 65.1 Å². The van der Waals surface area contributed by atoms with Gasteiger partial charge in [-0.2, -0.15) is 0 Å². The van der Waals surface area contributed by atoms with Gasteiger partial charge in [-0.25, -0.2) is 13.9 Å². The van der Waals surface area contributed by atoms with Gasteiger partial charge in [0.15, 0.2) is 0 Å². The van der Waals surface area contributed by atoms with Crippen LogP contribution >= 0.6 is 22.9 Å². The molecule has 8 heteroatoms. The van der Waals surface area contributed by atoms with E-state index < -0.39 is 5.82 Å². The van der Waals surface area contributed by atoms with E-state index in [2.05, 4.69) is 44.6 Å². The first-order valence-corrected chi connectivity index (χ1v) is 9.51. The van der Waals surface area contributed by atoms with E-state index in [1.54, 1.807) is 16.6 Å². The number of imidazole rings is 1. The molecule has 4 aromatic rings. The van der Waals surface area contributed by atoms with E-state index in [4.69, 9.17) is 11.6 Å². The molecule has 2 aromatic carbocycles. The minimum Gasteiger partial charge on any atom is -0.378 e. The van der Waals surface area contributed by atoms with Crippen LogP contribution in [0, 0.1) is 5.82 Å². The minimum absolute atomic E-state index is 0.0828. The van der Waals surface area contributed by atoms with Gasteiger partial charge in [0, 0.05) is 31.9 Å². The van der Waals surface area contributed by atoms with Gasteiger partial charge in [-0.05, 0) is 35.9 Å². The van der Waals surface area contributed by atoms with E-state index in [1.165, 1.54) is 28.7 Å². The molecule has 0 amide bonds. The first-order chi connectivity index (χ1) is 13.0. The molecule has 0 radical (unpaired) electrons. The summed E-state index contributed by atoms with van der Waals surface area (Å²) in [7, 11) is 4.04. The van der Waals surface area contributed by atoms with Gasteiger partial charge in [0.25, 0.3) is 0 Å². The summed E-state index contributed by atoms with van der Waals surface area (Å²) in [5, 5.41) is 8.70. The number of halogens is 2. The molecule has 1 N–H and O–H groups in total. The van der Waals surface area contributed by atoms with Crippen LogP contribution in [0.2, 0.25) is 5.02 Å². The number of benzene rings is 2. The second-order valence-electron chi connectivity index (χ2n) is 6.30. The minimum atomic E-state index is -0.440. The van der Waals surface area contributed by atoms with E-state index in [0.29, 0.717) is 12.2 Å². The van der Waals surface area contributed by atoms with Crippen LogP contribution in [-0.4, -0.2) is 28.7 Å². The Morgan fingerprint density at radius 1 is 1.19 bits per heavy atom. The van der Waals surface area contributed by atoms with Crippen LogP contribution in [0.1, 0.15) is 5.56 Å². The highest BCUT2D eigenvalue weighted by Crippen LogP contribution is 2.27. The Balaban J connectivity index is 1.48. The number of hydrogen-bond donors (Lipinski definition) is 1. The maximum atomic E-state index is 13.3. The number of aromatic nitrogens is 3. The summed E-state index contributed by atoms with van der Waals surface area (Å²) in [5.41, 5.74) is 3.81. The highest BCUT2D eigenvalue weighted by Gasteiger charge is 2.11. The number of fused-ring (bicyclic) bond motifs is 1. The normalized spacial score (nSPS) is 11.1. The number of nitrogens with one attached hydrogen (secondary N) is 1. The monoisotopic (exact) mass is 401 g/mol. The third-order valence-electron chi connectivity index (χ3n) is 4.16. The van der Waals surface area contributed by atoms with Gasteiger partial charge in [-0.15, -0.1) is 5.10 Å². The van der Waals surface area contributed by atoms with E-state index in [9.17, 15) is 4.39 Å². The second-order valence-corrected chi connectivity index (χ2v) is 7.67. The van der Waals surface area contributed by atoms with Gasteiger partial charge >= 0.3 is 0 Å². The molecule has 0 unspecified atom stereocenters. The van der Waals surface area contributed by atoms with Crippen molar-refractivity contribution < 1.29 is 4.39 Å². The number of nitrogens with zero attached hydrogens (tertiary/aromatic N) is 4. The zero-order valence-electron chi connectivity index (χ0n) is 14.8. The van der Waals surface area contributed by atoms with E-state index in [0.717, 1.165) is 15.7 Å². The molecule has 27 heavy (non-hydrogen) atoms. The molecule has 0 spiro atoms. The summed E-state index contributed by atoms with van der Waals surface area (Å²) in [6.07, 6.45) is 1.81. The van der Waals surface area contributed by atoms with Gasteiger partial charge in [-0.3, -0.25) is 0 Å². The molecule has 5 nitrogen and oxygen atoms in total. The first-order valence-electron chi connectivity index (χ1n) is 8.31. The van der Waals surface area contributed by atoms with Crippen molar-refractivity contribution in [3.8, 4) is 11.3 Å². The first kappa shape index (κ1) is 17.8. The van der Waals surface area contributed by atoms with Crippen molar-refractivity contribution in [1.82, 2.24) is 14.6 Å². The largest absolute Gasteiger partial charge is 0.378 e. The van der Waals surface area contributed by atoms with E-state index >= 15 is 0 Å². The molecular formula is C19H17ClFN5S. The van der Waals surface area contributed by atoms with Crippen LogP contribution in [0.25, 0.3) is 16.2 Å². The van der Waals surface area contributed by atoms with Crippen LogP contribution in [-0.2, 0) is 6.54 Å². The molecule has 0 aliphatic heterocycles. The Morgan fingerprint density at radius 2 is 1.96 bits per heavy atom. The van der Waals surface area contributed by atoms with Crippen LogP contribution in [0.5, 0.6) is 0 Å². The van der Waals surface area contributed by atoms with Crippen molar-refractivity contribution in [2.45, 2.75) is 6.54 Å². The summed E-state index contributed by atoms with van der Waals surface area (Å²) in [6, 6.07) is 12.9. The summed E-state index contributed by atoms with van der Waals surface area (Å²) < 4.78 is 15.0. The molecule has 2 aromatic heterocycles. The van der Waals surface area contributed by atoms with Gasteiger partial charge in [-0.1, -0.05) is 35.1 Å². The number of hydrogen-bond acceptors (Lipinski definition) is 5. The van der Waals surface area contributed by atoms with Crippen molar-refractivity contribution in [2.24, 2.45) is 0 Å². The van der Waals surface area contributed by atoms with E-state index in [1.807, 2.05) is 20.3 Å². The van der Waals surface area contributed by atoms with Crippen LogP contribution in [0.4, 0.5) is 15.2 Å². The SMILES string of the molecule is CN(C)c1ccc(CNc2nn3cc(-c4ccc(F)c(Cl)c4)nc3s2)cc1. The molecule has 0 atom stereocenters. The average molecular weight is 402 g/mol. The van der Waals surface area contributed by atoms with Gasteiger partial charge in [0.2, 0.25) is 10.1 Å². The smallest absolute Gasteiger partial charge is 0.214 e. The molecule has 0 saturated heterocycles. The van der Waals surface area contributed by atoms with Crippen molar-refractivity contribution in [3.63, 3.8) is 0 Å². The lowest BCUT2D eigenvalue weighted by Gasteiger charge is -2.12. The zero-order chi connectivity index (χ0) is 19.0. The third-order valence-corrected chi connectivity index (χ3v) is 5.32. The summed E-state index contributed by atoms with van der Waals surface area (Å²) in [4.78, 5) is 7.38. The fourth-order valence-corrected chi connectivity index (χ4v) is 3.61. The third kappa shape index (κ3) is 3.74. The van der Waals surface area contributed by atoms with Crippen LogP contribution in [0.3, 0.4) is 0 Å². The quantitative estimate of drug-likeness (QED) is 0.515. The Bertz CT molecular complexity index is 1060. The van der Waals surface area contributed by atoms with Gasteiger partial charge in [0.1, 0.15) is 5.82 Å². The Morgan fingerprint density at radius 3 is 2.63 bits per heavy atom. The topological polar surface area (TPSA) is 45.5 Å². The summed E-state index contributed by atoms with van der Waals surface area (Å²) in [6.45, 7) is 0.685. The Hall–Kier alpha value is -2.64.